The Balaban J connectivity index is 2.24. The number of aromatic nitrogens is 1. The summed E-state index contributed by atoms with van der Waals surface area (Å²) in [5.41, 5.74) is 0.913. The highest BCUT2D eigenvalue weighted by Gasteiger charge is 2.43. The first-order chi connectivity index (χ1) is 12.5. The van der Waals surface area contributed by atoms with Crippen LogP contribution in [0.4, 0.5) is 0 Å². The Hall–Kier alpha value is -2.36. The van der Waals surface area contributed by atoms with Gasteiger partial charge in [0.15, 0.2) is 0 Å². The summed E-state index contributed by atoms with van der Waals surface area (Å²) in [6.45, 7) is 1.83. The van der Waals surface area contributed by atoms with Crippen molar-refractivity contribution in [2.24, 2.45) is 0 Å². The molecule has 0 spiro atoms. The highest BCUT2D eigenvalue weighted by Crippen LogP contribution is 2.62. The second-order valence-corrected chi connectivity index (χ2v) is 8.96. The minimum absolute atomic E-state index is 0.0772. The predicted octanol–water partition coefficient (Wildman–Crippen LogP) is 4.76. The zero-order valence-corrected chi connectivity index (χ0v) is 15.4. The Labute approximate surface area is 152 Å². The lowest BCUT2D eigenvalue weighted by Gasteiger charge is -2.28. The van der Waals surface area contributed by atoms with Crippen molar-refractivity contribution in [2.75, 3.05) is 6.16 Å². The third-order valence-electron chi connectivity index (χ3n) is 4.66. The van der Waals surface area contributed by atoms with E-state index in [1.54, 1.807) is 36.5 Å². The van der Waals surface area contributed by atoms with Gasteiger partial charge in [-0.3, -0.25) is 9.36 Å². The lowest BCUT2D eigenvalue weighted by molar-refractivity contribution is -0.139. The Morgan fingerprint density at radius 1 is 1.12 bits per heavy atom. The van der Waals surface area contributed by atoms with E-state index in [9.17, 15) is 19.4 Å². The fraction of sp³-hybridized carbons (Fsp3) is 0.250. The van der Waals surface area contributed by atoms with Gasteiger partial charge >= 0.3 is 5.97 Å². The fourth-order valence-electron chi connectivity index (χ4n) is 3.55. The third kappa shape index (κ3) is 3.46. The second-order valence-electron chi connectivity index (χ2n) is 6.44. The minimum atomic E-state index is -3.77. The number of carboxylic acids is 1. The summed E-state index contributed by atoms with van der Waals surface area (Å²) in [6, 6.07) is 16.1. The number of hydrogen-bond acceptors (Lipinski definition) is 2. The SMILES string of the molecule is CCCP(=O)(O)C(c1c[nH]c2ccccc12)C(C(=O)O)c1ccccc1. The summed E-state index contributed by atoms with van der Waals surface area (Å²) < 4.78 is 13.3. The molecule has 0 saturated carbocycles. The van der Waals surface area contributed by atoms with Crippen LogP contribution in [0.1, 0.15) is 36.0 Å². The molecule has 0 radical (unpaired) electrons. The molecule has 136 valence electrons. The summed E-state index contributed by atoms with van der Waals surface area (Å²) in [4.78, 5) is 26.1. The van der Waals surface area contributed by atoms with Gasteiger partial charge in [-0.2, -0.15) is 0 Å². The molecule has 1 heterocycles. The summed E-state index contributed by atoms with van der Waals surface area (Å²) >= 11 is 0. The molecule has 2 aromatic carbocycles. The first-order valence-corrected chi connectivity index (χ1v) is 10.5. The lowest BCUT2D eigenvalue weighted by atomic mass is 9.91. The van der Waals surface area contributed by atoms with Gasteiger partial charge in [-0.15, -0.1) is 0 Å². The molecule has 0 fully saturated rings. The van der Waals surface area contributed by atoms with Crippen LogP contribution >= 0.6 is 7.37 Å². The summed E-state index contributed by atoms with van der Waals surface area (Å²) in [5, 5.41) is 10.7. The van der Waals surface area contributed by atoms with Crippen molar-refractivity contribution in [3.8, 4) is 0 Å². The van der Waals surface area contributed by atoms with Crippen molar-refractivity contribution in [1.82, 2.24) is 4.98 Å². The number of fused-ring (bicyclic) bond motifs is 1. The number of carboxylic acid groups (broad SMARTS) is 1. The maximum atomic E-state index is 13.3. The van der Waals surface area contributed by atoms with Gasteiger partial charge in [0.1, 0.15) is 0 Å². The maximum absolute atomic E-state index is 13.3. The van der Waals surface area contributed by atoms with Crippen LogP contribution in [-0.4, -0.2) is 27.1 Å². The van der Waals surface area contributed by atoms with Crippen molar-refractivity contribution >= 4 is 24.2 Å². The normalized spacial score (nSPS) is 16.1. The molecule has 3 N–H and O–H groups in total. The van der Waals surface area contributed by atoms with Crippen molar-refractivity contribution in [3.63, 3.8) is 0 Å². The van der Waals surface area contributed by atoms with Crippen molar-refractivity contribution in [3.05, 3.63) is 71.9 Å². The van der Waals surface area contributed by atoms with E-state index < -0.39 is 24.9 Å². The van der Waals surface area contributed by atoms with E-state index in [4.69, 9.17) is 0 Å². The minimum Gasteiger partial charge on any atom is -0.481 e. The Bertz CT molecular complexity index is 951. The van der Waals surface area contributed by atoms with Crippen molar-refractivity contribution in [2.45, 2.75) is 24.9 Å². The van der Waals surface area contributed by atoms with Gasteiger partial charge < -0.3 is 15.0 Å². The maximum Gasteiger partial charge on any atom is 0.312 e. The molecule has 3 atom stereocenters. The van der Waals surface area contributed by atoms with Gasteiger partial charge in [0.05, 0.1) is 11.6 Å². The molecule has 5 nitrogen and oxygen atoms in total. The zero-order valence-electron chi connectivity index (χ0n) is 14.5. The van der Waals surface area contributed by atoms with Crippen LogP contribution in [0.3, 0.4) is 0 Å². The average Bonchev–Trinajstić information content (AvgIpc) is 3.03. The fourth-order valence-corrected chi connectivity index (χ4v) is 5.88. The predicted molar refractivity (Wildman–Crippen MR) is 103 cm³/mol. The number of para-hydroxylation sites is 1. The first kappa shape index (κ1) is 18.4. The molecule has 6 heteroatoms. The van der Waals surface area contributed by atoms with E-state index in [1.807, 2.05) is 31.2 Å². The van der Waals surface area contributed by atoms with Crippen LogP contribution in [-0.2, 0) is 9.36 Å². The summed E-state index contributed by atoms with van der Waals surface area (Å²) in [6.07, 6.45) is 2.26. The van der Waals surface area contributed by atoms with Crippen LogP contribution in [0.2, 0.25) is 0 Å². The van der Waals surface area contributed by atoms with Crippen LogP contribution < -0.4 is 0 Å². The number of H-pyrrole nitrogens is 1. The van der Waals surface area contributed by atoms with Crippen molar-refractivity contribution < 1.29 is 19.4 Å². The largest absolute Gasteiger partial charge is 0.481 e. The van der Waals surface area contributed by atoms with Gasteiger partial charge in [-0.1, -0.05) is 55.5 Å². The first-order valence-electron chi connectivity index (χ1n) is 8.61. The smallest absolute Gasteiger partial charge is 0.312 e. The van der Waals surface area contributed by atoms with E-state index in [0.717, 1.165) is 10.9 Å². The molecule has 3 unspecified atom stereocenters. The third-order valence-corrected chi connectivity index (χ3v) is 7.19. The number of aromatic amines is 1. The van der Waals surface area contributed by atoms with Gasteiger partial charge in [0, 0.05) is 23.3 Å². The Morgan fingerprint density at radius 2 is 1.77 bits per heavy atom. The molecule has 0 aliphatic rings. The highest BCUT2D eigenvalue weighted by molar-refractivity contribution is 7.58. The number of rotatable bonds is 7. The molecule has 0 saturated heterocycles. The van der Waals surface area contributed by atoms with Crippen LogP contribution in [0, 0.1) is 0 Å². The van der Waals surface area contributed by atoms with E-state index >= 15 is 0 Å². The Kier molecular flexibility index (Phi) is 5.30. The highest BCUT2D eigenvalue weighted by atomic mass is 31.2. The number of benzene rings is 2. The molecular weight excluding hydrogens is 349 g/mol. The molecule has 0 aliphatic carbocycles. The van der Waals surface area contributed by atoms with E-state index in [1.165, 1.54) is 0 Å². The summed E-state index contributed by atoms with van der Waals surface area (Å²) in [5.74, 6) is -2.20. The van der Waals surface area contributed by atoms with E-state index in [0.29, 0.717) is 17.5 Å². The van der Waals surface area contributed by atoms with Crippen LogP contribution in [0.15, 0.2) is 60.8 Å². The second kappa shape index (κ2) is 7.48. The van der Waals surface area contributed by atoms with Crippen molar-refractivity contribution in [1.29, 1.82) is 0 Å². The van der Waals surface area contributed by atoms with Gasteiger partial charge in [0.25, 0.3) is 0 Å². The van der Waals surface area contributed by atoms with Gasteiger partial charge in [0.2, 0.25) is 7.37 Å². The number of carbonyl (C=O) groups is 1. The standard InChI is InChI=1S/C20H22NO4P/c1-2-12-26(24,25)19(16-13-21-17-11-7-6-10-15(16)17)18(20(22)23)14-8-4-3-5-9-14/h3-11,13,18-19,21H,2,12H2,1H3,(H,22,23)(H,24,25). The molecule has 0 aliphatic heterocycles. The molecule has 0 bridgehead atoms. The molecule has 1 aromatic heterocycles. The monoisotopic (exact) mass is 371 g/mol. The average molecular weight is 371 g/mol. The van der Waals surface area contributed by atoms with Gasteiger partial charge in [-0.05, 0) is 23.6 Å². The number of aliphatic carboxylic acids is 1. The van der Waals surface area contributed by atoms with E-state index in [2.05, 4.69) is 4.98 Å². The molecule has 26 heavy (non-hydrogen) atoms. The molecular formula is C20H22NO4P. The quantitative estimate of drug-likeness (QED) is 0.522. The topological polar surface area (TPSA) is 90.4 Å². The molecule has 3 rings (SSSR count). The van der Waals surface area contributed by atoms with E-state index in [-0.39, 0.29) is 6.16 Å². The van der Waals surface area contributed by atoms with Crippen LogP contribution in [0.5, 0.6) is 0 Å². The summed E-state index contributed by atoms with van der Waals surface area (Å²) in [7, 11) is -3.77. The van der Waals surface area contributed by atoms with Crippen LogP contribution in [0.25, 0.3) is 10.9 Å². The zero-order chi connectivity index (χ0) is 18.7. The molecule has 3 aromatic rings. The van der Waals surface area contributed by atoms with Gasteiger partial charge in [-0.25, -0.2) is 0 Å². The Morgan fingerprint density at radius 3 is 2.42 bits per heavy atom. The molecule has 0 amide bonds. The number of nitrogens with one attached hydrogen (secondary N) is 1. The lowest BCUT2D eigenvalue weighted by Crippen LogP contribution is -2.21. The number of hydrogen-bond donors (Lipinski definition) is 3.